The number of hydrogen-bond acceptors (Lipinski definition) is 1. The van der Waals surface area contributed by atoms with Crippen LogP contribution in [0.5, 0.6) is 0 Å². The van der Waals surface area contributed by atoms with Crippen molar-refractivity contribution in [2.45, 2.75) is 26.7 Å². The minimum absolute atomic E-state index is 1.23. The number of hydrogen-bond donors (Lipinski definition) is 0. The molecule has 1 heterocycles. The molecule has 0 unspecified atom stereocenters. The van der Waals surface area contributed by atoms with Gasteiger partial charge in [-0.3, -0.25) is 0 Å². The third-order valence-corrected chi connectivity index (χ3v) is 2.26. The summed E-state index contributed by atoms with van der Waals surface area (Å²) in [6.45, 7) is 5.68. The largest absolute Gasteiger partial charge is 0.378 e. The molecule has 0 radical (unpaired) electrons. The number of nitrogens with zero attached hydrogens (tertiary/aromatic N) is 1. The van der Waals surface area contributed by atoms with Gasteiger partial charge >= 0.3 is 0 Å². The summed E-state index contributed by atoms with van der Waals surface area (Å²) < 4.78 is 0. The fourth-order valence-corrected chi connectivity index (χ4v) is 1.35. The van der Waals surface area contributed by atoms with Gasteiger partial charge in [0.25, 0.3) is 0 Å². The second-order valence-electron chi connectivity index (χ2n) is 2.71. The Morgan fingerprint density at radius 1 is 1.56 bits per heavy atom. The van der Waals surface area contributed by atoms with E-state index in [-0.39, 0.29) is 0 Å². The standard InChI is InChI=1S/C8H15N/c1-4-8-5-6-9(3)7(8)2/h4-6H2,1-3H3. The quantitative estimate of drug-likeness (QED) is 0.518. The molecule has 0 aromatic rings. The van der Waals surface area contributed by atoms with Gasteiger partial charge in [-0.05, 0) is 25.3 Å². The summed E-state index contributed by atoms with van der Waals surface area (Å²) in [7, 11) is 2.16. The van der Waals surface area contributed by atoms with E-state index >= 15 is 0 Å². The van der Waals surface area contributed by atoms with E-state index in [9.17, 15) is 0 Å². The van der Waals surface area contributed by atoms with Gasteiger partial charge in [0, 0.05) is 19.3 Å². The van der Waals surface area contributed by atoms with Crippen LogP contribution >= 0.6 is 0 Å². The zero-order chi connectivity index (χ0) is 6.85. The molecule has 0 N–H and O–H groups in total. The van der Waals surface area contributed by atoms with Gasteiger partial charge in [0.1, 0.15) is 0 Å². The SMILES string of the molecule is CCC1=C(C)N(C)CC1. The van der Waals surface area contributed by atoms with Crippen LogP contribution in [0, 0.1) is 0 Å². The van der Waals surface area contributed by atoms with E-state index in [4.69, 9.17) is 0 Å². The topological polar surface area (TPSA) is 3.24 Å². The lowest BCUT2D eigenvalue weighted by atomic mass is 10.1. The molecular formula is C8H15N. The van der Waals surface area contributed by atoms with E-state index in [1.54, 1.807) is 5.57 Å². The lowest BCUT2D eigenvalue weighted by Gasteiger charge is -2.11. The molecule has 1 aliphatic rings. The Morgan fingerprint density at radius 3 is 2.44 bits per heavy atom. The Labute approximate surface area is 57.4 Å². The molecule has 1 aliphatic heterocycles. The highest BCUT2D eigenvalue weighted by Gasteiger charge is 2.12. The average molecular weight is 125 g/mol. The highest BCUT2D eigenvalue weighted by atomic mass is 15.1. The van der Waals surface area contributed by atoms with Gasteiger partial charge in [-0.15, -0.1) is 0 Å². The van der Waals surface area contributed by atoms with Crippen molar-refractivity contribution in [3.05, 3.63) is 11.3 Å². The molecular weight excluding hydrogens is 110 g/mol. The van der Waals surface area contributed by atoms with Gasteiger partial charge in [0.2, 0.25) is 0 Å². The highest BCUT2D eigenvalue weighted by molar-refractivity contribution is 5.15. The smallest absolute Gasteiger partial charge is 0.0209 e. The average Bonchev–Trinajstić information content (AvgIpc) is 2.15. The fourth-order valence-electron chi connectivity index (χ4n) is 1.35. The van der Waals surface area contributed by atoms with Crippen molar-refractivity contribution in [3.63, 3.8) is 0 Å². The van der Waals surface area contributed by atoms with Crippen LogP contribution < -0.4 is 0 Å². The first-order chi connectivity index (χ1) is 4.25. The molecule has 0 aliphatic carbocycles. The van der Waals surface area contributed by atoms with Crippen LogP contribution in [0.2, 0.25) is 0 Å². The van der Waals surface area contributed by atoms with Gasteiger partial charge in [0.05, 0.1) is 0 Å². The maximum absolute atomic E-state index is 2.33. The Kier molecular flexibility index (Phi) is 1.79. The Bertz CT molecular complexity index is 136. The second-order valence-corrected chi connectivity index (χ2v) is 2.71. The molecule has 0 saturated heterocycles. The summed E-state index contributed by atoms with van der Waals surface area (Å²) in [6, 6.07) is 0. The Hall–Kier alpha value is -0.460. The van der Waals surface area contributed by atoms with E-state index in [1.165, 1.54) is 25.1 Å². The summed E-state index contributed by atoms with van der Waals surface area (Å²) in [6.07, 6.45) is 2.52. The van der Waals surface area contributed by atoms with Crippen molar-refractivity contribution in [2.24, 2.45) is 0 Å². The molecule has 0 aromatic carbocycles. The Balaban J connectivity index is 2.68. The predicted molar refractivity (Wildman–Crippen MR) is 40.2 cm³/mol. The van der Waals surface area contributed by atoms with Crippen molar-refractivity contribution in [1.29, 1.82) is 0 Å². The van der Waals surface area contributed by atoms with Gasteiger partial charge in [0.15, 0.2) is 0 Å². The van der Waals surface area contributed by atoms with E-state index in [0.717, 1.165) is 0 Å². The van der Waals surface area contributed by atoms with E-state index in [2.05, 4.69) is 25.8 Å². The zero-order valence-corrected chi connectivity index (χ0v) is 6.57. The monoisotopic (exact) mass is 125 g/mol. The lowest BCUT2D eigenvalue weighted by molar-refractivity contribution is 0.460. The summed E-state index contributed by atoms with van der Waals surface area (Å²) in [5.74, 6) is 0. The third kappa shape index (κ3) is 1.09. The minimum atomic E-state index is 1.23. The Morgan fingerprint density at radius 2 is 2.22 bits per heavy atom. The number of allylic oxidation sites excluding steroid dienone is 1. The minimum Gasteiger partial charge on any atom is -0.378 e. The van der Waals surface area contributed by atoms with Crippen LogP contribution in [-0.4, -0.2) is 18.5 Å². The van der Waals surface area contributed by atoms with Crippen molar-refractivity contribution in [1.82, 2.24) is 4.90 Å². The molecule has 1 rings (SSSR count). The molecule has 1 nitrogen and oxygen atoms in total. The van der Waals surface area contributed by atoms with Gasteiger partial charge < -0.3 is 4.90 Å². The van der Waals surface area contributed by atoms with Crippen LogP contribution in [0.15, 0.2) is 11.3 Å². The first-order valence-corrected chi connectivity index (χ1v) is 3.65. The molecule has 52 valence electrons. The molecule has 0 spiro atoms. The molecule has 1 heteroatoms. The van der Waals surface area contributed by atoms with Crippen LogP contribution in [0.4, 0.5) is 0 Å². The van der Waals surface area contributed by atoms with Gasteiger partial charge in [-0.25, -0.2) is 0 Å². The summed E-state index contributed by atoms with van der Waals surface area (Å²) >= 11 is 0. The van der Waals surface area contributed by atoms with E-state index in [0.29, 0.717) is 0 Å². The first-order valence-electron chi connectivity index (χ1n) is 3.65. The molecule has 9 heavy (non-hydrogen) atoms. The van der Waals surface area contributed by atoms with Crippen LogP contribution in [-0.2, 0) is 0 Å². The van der Waals surface area contributed by atoms with Gasteiger partial charge in [-0.2, -0.15) is 0 Å². The molecule has 0 amide bonds. The van der Waals surface area contributed by atoms with Crippen LogP contribution in [0.1, 0.15) is 26.7 Å². The molecule has 0 aromatic heterocycles. The molecule has 0 fully saturated rings. The van der Waals surface area contributed by atoms with Crippen LogP contribution in [0.25, 0.3) is 0 Å². The van der Waals surface area contributed by atoms with Crippen molar-refractivity contribution in [2.75, 3.05) is 13.6 Å². The first kappa shape index (κ1) is 6.66. The third-order valence-electron chi connectivity index (χ3n) is 2.26. The summed E-state index contributed by atoms with van der Waals surface area (Å²) in [5, 5.41) is 0. The summed E-state index contributed by atoms with van der Waals surface area (Å²) in [4.78, 5) is 2.33. The van der Waals surface area contributed by atoms with Crippen molar-refractivity contribution >= 4 is 0 Å². The predicted octanol–water partition coefficient (Wildman–Crippen LogP) is 2.01. The van der Waals surface area contributed by atoms with Crippen molar-refractivity contribution in [3.8, 4) is 0 Å². The molecule has 0 bridgehead atoms. The second kappa shape index (κ2) is 2.42. The lowest BCUT2D eigenvalue weighted by Crippen LogP contribution is -2.10. The highest BCUT2D eigenvalue weighted by Crippen LogP contribution is 2.22. The van der Waals surface area contributed by atoms with Crippen LogP contribution in [0.3, 0.4) is 0 Å². The summed E-state index contributed by atoms with van der Waals surface area (Å²) in [5.41, 5.74) is 3.13. The molecule has 0 atom stereocenters. The number of rotatable bonds is 1. The normalized spacial score (nSPS) is 19.7. The van der Waals surface area contributed by atoms with Gasteiger partial charge in [-0.1, -0.05) is 6.92 Å². The van der Waals surface area contributed by atoms with E-state index < -0.39 is 0 Å². The fraction of sp³-hybridized carbons (Fsp3) is 0.750. The maximum atomic E-state index is 2.33. The molecule has 0 saturated carbocycles. The zero-order valence-electron chi connectivity index (χ0n) is 6.57. The maximum Gasteiger partial charge on any atom is 0.0209 e. The van der Waals surface area contributed by atoms with Crippen molar-refractivity contribution < 1.29 is 0 Å². The van der Waals surface area contributed by atoms with E-state index in [1.807, 2.05) is 0 Å².